The van der Waals surface area contributed by atoms with Gasteiger partial charge in [0.05, 0.1) is 12.1 Å². The normalized spacial score (nSPS) is 13.4. The molecule has 7 heteroatoms. The Bertz CT molecular complexity index is 1110. The number of hydrogen-bond donors (Lipinski definition) is 0. The minimum absolute atomic E-state index is 0.0156. The first-order chi connectivity index (χ1) is 14.6. The molecule has 0 unspecified atom stereocenters. The van der Waals surface area contributed by atoms with Gasteiger partial charge in [0.15, 0.2) is 11.6 Å². The number of halogens is 1. The Kier molecular flexibility index (Phi) is 6.04. The van der Waals surface area contributed by atoms with E-state index in [1.807, 2.05) is 42.5 Å². The van der Waals surface area contributed by atoms with Crippen LogP contribution in [0, 0.1) is 0 Å². The highest BCUT2D eigenvalue weighted by Crippen LogP contribution is 2.37. The predicted octanol–water partition coefficient (Wildman–Crippen LogP) is 4.30. The maximum Gasteiger partial charge on any atom is 0.346 e. The van der Waals surface area contributed by atoms with Crippen LogP contribution in [0.4, 0.5) is 0 Å². The number of para-hydroxylation sites is 1. The molecule has 1 aliphatic carbocycles. The first-order valence-corrected chi connectivity index (χ1v) is 10.5. The molecule has 0 bridgehead atoms. The van der Waals surface area contributed by atoms with E-state index in [4.69, 9.17) is 16.3 Å². The van der Waals surface area contributed by atoms with Crippen molar-refractivity contribution in [1.82, 2.24) is 14.3 Å². The molecule has 1 fully saturated rings. The van der Waals surface area contributed by atoms with Crippen molar-refractivity contribution in [3.8, 4) is 17.1 Å². The Morgan fingerprint density at radius 1 is 1.17 bits per heavy atom. The van der Waals surface area contributed by atoms with E-state index in [9.17, 15) is 9.59 Å². The average molecular weight is 426 g/mol. The number of ketones is 1. The van der Waals surface area contributed by atoms with Crippen LogP contribution in [0.3, 0.4) is 0 Å². The van der Waals surface area contributed by atoms with Crippen LogP contribution in [-0.4, -0.2) is 27.2 Å². The molecule has 6 nitrogen and oxygen atoms in total. The van der Waals surface area contributed by atoms with Crippen LogP contribution in [0.25, 0.3) is 11.4 Å². The number of ether oxygens (including phenoxy) is 1. The number of carbonyl (C=O) groups is 1. The first kappa shape index (κ1) is 20.4. The largest absolute Gasteiger partial charge is 0.496 e. The molecule has 2 aromatic carbocycles. The lowest BCUT2D eigenvalue weighted by atomic mass is 10.1. The van der Waals surface area contributed by atoms with Gasteiger partial charge in [0.25, 0.3) is 0 Å². The number of methoxy groups -OCH3 is 1. The van der Waals surface area contributed by atoms with Crippen molar-refractivity contribution in [2.75, 3.05) is 7.11 Å². The molecule has 0 saturated heterocycles. The molecule has 0 aliphatic heterocycles. The van der Waals surface area contributed by atoms with Crippen molar-refractivity contribution in [1.29, 1.82) is 0 Å². The third-order valence-corrected chi connectivity index (χ3v) is 5.65. The quantitative estimate of drug-likeness (QED) is 0.512. The van der Waals surface area contributed by atoms with E-state index < -0.39 is 0 Å². The van der Waals surface area contributed by atoms with Crippen LogP contribution in [-0.2, 0) is 17.8 Å². The van der Waals surface area contributed by atoms with Crippen LogP contribution in [0.5, 0.6) is 5.75 Å². The number of Topliss-reactive ketones (excluding diaryl/α,β-unsaturated/α-hetero) is 1. The van der Waals surface area contributed by atoms with Gasteiger partial charge in [-0.05, 0) is 49.4 Å². The third-order valence-electron chi connectivity index (χ3n) is 5.32. The summed E-state index contributed by atoms with van der Waals surface area (Å²) in [6.07, 6.45) is 3.69. The standard InChI is InChI=1S/C23H24ClN3O3/c1-30-21-12-5-2-7-16(21)8-6-9-18(28)15-26-23(29)27(17-13-14-17)22(25-26)19-10-3-4-11-20(19)24/h2-5,7,10-12,17H,6,8-9,13-15H2,1H3. The smallest absolute Gasteiger partial charge is 0.346 e. The van der Waals surface area contributed by atoms with Gasteiger partial charge in [0, 0.05) is 18.0 Å². The van der Waals surface area contributed by atoms with Gasteiger partial charge in [0.1, 0.15) is 12.3 Å². The summed E-state index contributed by atoms with van der Waals surface area (Å²) >= 11 is 6.33. The van der Waals surface area contributed by atoms with E-state index in [2.05, 4.69) is 5.10 Å². The average Bonchev–Trinajstić information content (AvgIpc) is 3.53. The van der Waals surface area contributed by atoms with Crippen LogP contribution in [0.15, 0.2) is 53.3 Å². The van der Waals surface area contributed by atoms with E-state index in [1.54, 1.807) is 17.7 Å². The van der Waals surface area contributed by atoms with Gasteiger partial charge in [-0.15, -0.1) is 5.10 Å². The fraction of sp³-hybridized carbons (Fsp3) is 0.348. The molecule has 0 spiro atoms. The number of rotatable bonds is 9. The molecule has 1 saturated carbocycles. The van der Waals surface area contributed by atoms with E-state index in [0.717, 1.165) is 30.6 Å². The van der Waals surface area contributed by atoms with Gasteiger partial charge in [-0.2, -0.15) is 0 Å². The van der Waals surface area contributed by atoms with E-state index in [1.165, 1.54) is 4.68 Å². The molecule has 0 radical (unpaired) electrons. The highest BCUT2D eigenvalue weighted by molar-refractivity contribution is 6.33. The molecule has 1 aromatic heterocycles. The summed E-state index contributed by atoms with van der Waals surface area (Å²) in [5.41, 5.74) is 1.54. The molecule has 0 amide bonds. The summed E-state index contributed by atoms with van der Waals surface area (Å²) in [4.78, 5) is 25.5. The highest BCUT2D eigenvalue weighted by atomic mass is 35.5. The van der Waals surface area contributed by atoms with Crippen molar-refractivity contribution < 1.29 is 9.53 Å². The second kappa shape index (κ2) is 8.88. The number of nitrogens with zero attached hydrogens (tertiary/aromatic N) is 3. The van der Waals surface area contributed by atoms with Gasteiger partial charge >= 0.3 is 5.69 Å². The molecule has 1 heterocycles. The zero-order chi connectivity index (χ0) is 21.1. The van der Waals surface area contributed by atoms with E-state index >= 15 is 0 Å². The summed E-state index contributed by atoms with van der Waals surface area (Å²) in [5, 5.41) is 5.02. The Labute approximate surface area is 180 Å². The molecular weight excluding hydrogens is 402 g/mol. The van der Waals surface area contributed by atoms with Crippen LogP contribution in [0.2, 0.25) is 5.02 Å². The van der Waals surface area contributed by atoms with Crippen molar-refractivity contribution in [3.63, 3.8) is 0 Å². The van der Waals surface area contributed by atoms with Gasteiger partial charge in [-0.25, -0.2) is 9.48 Å². The van der Waals surface area contributed by atoms with E-state index in [-0.39, 0.29) is 24.1 Å². The van der Waals surface area contributed by atoms with Crippen molar-refractivity contribution in [2.24, 2.45) is 0 Å². The fourth-order valence-electron chi connectivity index (χ4n) is 3.64. The number of aryl methyl sites for hydroxylation is 1. The van der Waals surface area contributed by atoms with Crippen LogP contribution < -0.4 is 10.4 Å². The molecule has 3 aromatic rings. The minimum atomic E-state index is -0.245. The highest BCUT2D eigenvalue weighted by Gasteiger charge is 2.31. The maximum atomic E-state index is 12.9. The van der Waals surface area contributed by atoms with Gasteiger partial charge in [-0.3, -0.25) is 9.36 Å². The number of benzene rings is 2. The lowest BCUT2D eigenvalue weighted by Gasteiger charge is -2.07. The second-order valence-corrected chi connectivity index (χ2v) is 7.96. The number of aromatic nitrogens is 3. The third kappa shape index (κ3) is 4.33. The second-order valence-electron chi connectivity index (χ2n) is 7.55. The molecule has 0 N–H and O–H groups in total. The fourth-order valence-corrected chi connectivity index (χ4v) is 3.86. The minimum Gasteiger partial charge on any atom is -0.496 e. The Morgan fingerprint density at radius 3 is 2.63 bits per heavy atom. The number of carbonyl (C=O) groups excluding carboxylic acids is 1. The summed E-state index contributed by atoms with van der Waals surface area (Å²) in [5.74, 6) is 1.35. The zero-order valence-corrected chi connectivity index (χ0v) is 17.6. The first-order valence-electron chi connectivity index (χ1n) is 10.2. The summed E-state index contributed by atoms with van der Waals surface area (Å²) in [6.45, 7) is -0.0259. The van der Waals surface area contributed by atoms with Crippen molar-refractivity contribution in [3.05, 3.63) is 69.6 Å². The predicted molar refractivity (Wildman–Crippen MR) is 116 cm³/mol. The number of hydrogen-bond acceptors (Lipinski definition) is 4. The van der Waals surface area contributed by atoms with Crippen LogP contribution in [0.1, 0.15) is 37.3 Å². The Morgan fingerprint density at radius 2 is 1.90 bits per heavy atom. The molecule has 30 heavy (non-hydrogen) atoms. The van der Waals surface area contributed by atoms with Crippen LogP contribution >= 0.6 is 11.6 Å². The van der Waals surface area contributed by atoms with Gasteiger partial charge in [-0.1, -0.05) is 41.9 Å². The molecule has 156 valence electrons. The molecule has 1 aliphatic rings. The summed E-state index contributed by atoms with van der Waals surface area (Å²) in [7, 11) is 1.64. The van der Waals surface area contributed by atoms with Crippen molar-refractivity contribution >= 4 is 17.4 Å². The summed E-state index contributed by atoms with van der Waals surface area (Å²) < 4.78 is 8.32. The van der Waals surface area contributed by atoms with Crippen molar-refractivity contribution in [2.45, 2.75) is 44.7 Å². The van der Waals surface area contributed by atoms with E-state index in [0.29, 0.717) is 29.3 Å². The SMILES string of the molecule is COc1ccccc1CCCC(=O)Cn1nc(-c2ccccc2Cl)n(C2CC2)c1=O. The molecule has 0 atom stereocenters. The maximum absolute atomic E-state index is 12.9. The molecule has 4 rings (SSSR count). The monoisotopic (exact) mass is 425 g/mol. The molecular formula is C23H24ClN3O3. The lowest BCUT2D eigenvalue weighted by molar-refractivity contribution is -0.119. The summed E-state index contributed by atoms with van der Waals surface area (Å²) in [6, 6.07) is 15.3. The Balaban J connectivity index is 1.47. The van der Waals surface area contributed by atoms with Gasteiger partial charge < -0.3 is 4.74 Å². The zero-order valence-electron chi connectivity index (χ0n) is 16.9. The lowest BCUT2D eigenvalue weighted by Crippen LogP contribution is -2.27. The topological polar surface area (TPSA) is 66.1 Å². The Hall–Kier alpha value is -2.86. The van der Waals surface area contributed by atoms with Gasteiger partial charge in [0.2, 0.25) is 0 Å².